The van der Waals surface area contributed by atoms with Crippen molar-refractivity contribution >= 4 is 0 Å². The van der Waals surface area contributed by atoms with Crippen LogP contribution in [-0.4, -0.2) is 19.2 Å². The molecule has 1 aliphatic rings. The number of benzene rings is 1. The van der Waals surface area contributed by atoms with E-state index in [0.29, 0.717) is 6.61 Å². The highest BCUT2D eigenvalue weighted by Crippen LogP contribution is 2.19. The largest absolute Gasteiger partial charge is 0.489 e. The van der Waals surface area contributed by atoms with E-state index in [1.807, 2.05) is 6.07 Å². The Balaban J connectivity index is 1.75. The van der Waals surface area contributed by atoms with Crippen molar-refractivity contribution in [1.82, 2.24) is 5.32 Å². The quantitative estimate of drug-likeness (QED) is 0.760. The highest BCUT2D eigenvalue weighted by Gasteiger charge is 2.19. The fourth-order valence-electron chi connectivity index (χ4n) is 1.62. The Bertz CT molecular complexity index is 407. The highest BCUT2D eigenvalue weighted by molar-refractivity contribution is 5.34. The second-order valence-corrected chi connectivity index (χ2v) is 4.94. The Kier molecular flexibility index (Phi) is 3.85. The molecular formula is C15H21NO. The average molecular weight is 231 g/mol. The first-order chi connectivity index (χ1) is 8.15. The van der Waals surface area contributed by atoms with Crippen LogP contribution in [0, 0.1) is 13.8 Å². The molecule has 2 rings (SSSR count). The molecule has 1 saturated carbocycles. The summed E-state index contributed by atoms with van der Waals surface area (Å²) in [6.45, 7) is 9.70. The third-order valence-electron chi connectivity index (χ3n) is 3.14. The lowest BCUT2D eigenvalue weighted by Crippen LogP contribution is -2.21. The van der Waals surface area contributed by atoms with Gasteiger partial charge >= 0.3 is 0 Å². The lowest BCUT2D eigenvalue weighted by molar-refractivity contribution is 0.348. The Morgan fingerprint density at radius 1 is 1.35 bits per heavy atom. The fourth-order valence-corrected chi connectivity index (χ4v) is 1.62. The molecule has 1 aliphatic carbocycles. The van der Waals surface area contributed by atoms with Gasteiger partial charge in [-0.15, -0.1) is 0 Å². The van der Waals surface area contributed by atoms with Gasteiger partial charge in [0.05, 0.1) is 0 Å². The standard InChI is InChI=1S/C15H21NO/c1-11(9-16-14-5-6-14)10-17-15-7-4-12(2)13(3)8-15/h4,7-8,14,16H,1,5-6,9-10H2,2-3H3. The lowest BCUT2D eigenvalue weighted by atomic mass is 10.1. The monoisotopic (exact) mass is 231 g/mol. The van der Waals surface area contributed by atoms with Crippen molar-refractivity contribution < 1.29 is 4.74 Å². The van der Waals surface area contributed by atoms with E-state index in [1.165, 1.54) is 24.0 Å². The summed E-state index contributed by atoms with van der Waals surface area (Å²) in [6.07, 6.45) is 2.62. The van der Waals surface area contributed by atoms with Crippen LogP contribution in [0.3, 0.4) is 0 Å². The van der Waals surface area contributed by atoms with Crippen molar-refractivity contribution in [3.8, 4) is 5.75 Å². The number of hydrogen-bond donors (Lipinski definition) is 1. The van der Waals surface area contributed by atoms with Crippen molar-refractivity contribution in [2.75, 3.05) is 13.2 Å². The first-order valence-corrected chi connectivity index (χ1v) is 6.25. The SMILES string of the molecule is C=C(CNC1CC1)COc1ccc(C)c(C)c1. The van der Waals surface area contributed by atoms with Crippen LogP contribution >= 0.6 is 0 Å². The molecule has 2 nitrogen and oxygen atoms in total. The minimum atomic E-state index is 0.599. The second-order valence-electron chi connectivity index (χ2n) is 4.94. The summed E-state index contributed by atoms with van der Waals surface area (Å²) >= 11 is 0. The number of aryl methyl sites for hydroxylation is 2. The highest BCUT2D eigenvalue weighted by atomic mass is 16.5. The Morgan fingerprint density at radius 2 is 2.12 bits per heavy atom. The van der Waals surface area contributed by atoms with Crippen molar-refractivity contribution in [1.29, 1.82) is 0 Å². The van der Waals surface area contributed by atoms with E-state index >= 15 is 0 Å². The van der Waals surface area contributed by atoms with Crippen molar-refractivity contribution in [3.63, 3.8) is 0 Å². The van der Waals surface area contributed by atoms with Crippen LogP contribution in [0.4, 0.5) is 0 Å². The summed E-state index contributed by atoms with van der Waals surface area (Å²) in [7, 11) is 0. The first kappa shape index (κ1) is 12.2. The van der Waals surface area contributed by atoms with Gasteiger partial charge in [0.1, 0.15) is 12.4 Å². The van der Waals surface area contributed by atoms with Gasteiger partial charge in [-0.3, -0.25) is 0 Å². The third-order valence-corrected chi connectivity index (χ3v) is 3.14. The molecule has 1 N–H and O–H groups in total. The molecule has 0 amide bonds. The minimum Gasteiger partial charge on any atom is -0.489 e. The van der Waals surface area contributed by atoms with Gasteiger partial charge in [-0.25, -0.2) is 0 Å². The second kappa shape index (κ2) is 5.37. The molecule has 1 fully saturated rings. The van der Waals surface area contributed by atoms with Gasteiger partial charge in [0.2, 0.25) is 0 Å². The van der Waals surface area contributed by atoms with Gasteiger partial charge in [0.25, 0.3) is 0 Å². The van der Waals surface area contributed by atoms with E-state index in [1.54, 1.807) is 0 Å². The van der Waals surface area contributed by atoms with E-state index < -0.39 is 0 Å². The van der Waals surface area contributed by atoms with Gasteiger partial charge in [-0.1, -0.05) is 12.6 Å². The zero-order valence-corrected chi connectivity index (χ0v) is 10.8. The first-order valence-electron chi connectivity index (χ1n) is 6.25. The van der Waals surface area contributed by atoms with Crippen LogP contribution in [0.5, 0.6) is 5.75 Å². The van der Waals surface area contributed by atoms with Crippen LogP contribution < -0.4 is 10.1 Å². The molecule has 0 aliphatic heterocycles. The molecule has 17 heavy (non-hydrogen) atoms. The van der Waals surface area contributed by atoms with Crippen LogP contribution in [0.15, 0.2) is 30.4 Å². The number of rotatable bonds is 6. The number of hydrogen-bond acceptors (Lipinski definition) is 2. The summed E-state index contributed by atoms with van der Waals surface area (Å²) in [4.78, 5) is 0. The van der Waals surface area contributed by atoms with E-state index in [2.05, 4.69) is 37.9 Å². The summed E-state index contributed by atoms with van der Waals surface area (Å²) in [5.74, 6) is 0.931. The molecular weight excluding hydrogens is 210 g/mol. The van der Waals surface area contributed by atoms with Crippen LogP contribution in [0.25, 0.3) is 0 Å². The van der Waals surface area contributed by atoms with Gasteiger partial charge in [0, 0.05) is 12.6 Å². The van der Waals surface area contributed by atoms with E-state index in [0.717, 1.165) is 23.9 Å². The predicted molar refractivity (Wildman–Crippen MR) is 71.6 cm³/mol. The maximum Gasteiger partial charge on any atom is 0.120 e. The molecule has 1 aromatic carbocycles. The topological polar surface area (TPSA) is 21.3 Å². The zero-order chi connectivity index (χ0) is 12.3. The summed E-state index contributed by atoms with van der Waals surface area (Å²) in [5.41, 5.74) is 3.67. The van der Waals surface area contributed by atoms with Crippen LogP contribution in [0.1, 0.15) is 24.0 Å². The molecule has 0 aromatic heterocycles. The fraction of sp³-hybridized carbons (Fsp3) is 0.467. The van der Waals surface area contributed by atoms with Crippen molar-refractivity contribution in [2.24, 2.45) is 0 Å². The number of nitrogens with one attached hydrogen (secondary N) is 1. The van der Waals surface area contributed by atoms with E-state index in [-0.39, 0.29) is 0 Å². The van der Waals surface area contributed by atoms with Crippen LogP contribution in [0.2, 0.25) is 0 Å². The molecule has 2 heteroatoms. The van der Waals surface area contributed by atoms with Crippen molar-refractivity contribution in [3.05, 3.63) is 41.5 Å². The van der Waals surface area contributed by atoms with Crippen LogP contribution in [-0.2, 0) is 0 Å². The summed E-state index contributed by atoms with van der Waals surface area (Å²) < 4.78 is 5.72. The van der Waals surface area contributed by atoms with E-state index in [9.17, 15) is 0 Å². The molecule has 0 saturated heterocycles. The molecule has 0 radical (unpaired) electrons. The lowest BCUT2D eigenvalue weighted by Gasteiger charge is -2.10. The molecule has 1 aromatic rings. The molecule has 0 heterocycles. The number of ether oxygens (including phenoxy) is 1. The molecule has 0 atom stereocenters. The Hall–Kier alpha value is -1.28. The maximum atomic E-state index is 5.72. The molecule has 92 valence electrons. The summed E-state index contributed by atoms with van der Waals surface area (Å²) in [6, 6.07) is 6.92. The predicted octanol–water partition coefficient (Wildman–Crippen LogP) is 2.99. The molecule has 0 bridgehead atoms. The molecule has 0 spiro atoms. The van der Waals surface area contributed by atoms with E-state index in [4.69, 9.17) is 4.74 Å². The average Bonchev–Trinajstić information content (AvgIpc) is 3.12. The minimum absolute atomic E-state index is 0.599. The summed E-state index contributed by atoms with van der Waals surface area (Å²) in [5, 5.41) is 3.43. The van der Waals surface area contributed by atoms with Gasteiger partial charge < -0.3 is 10.1 Å². The maximum absolute atomic E-state index is 5.72. The van der Waals surface area contributed by atoms with Gasteiger partial charge in [-0.05, 0) is 55.5 Å². The Labute approximate surface area is 104 Å². The normalized spacial score (nSPS) is 14.7. The molecule has 0 unspecified atom stereocenters. The van der Waals surface area contributed by atoms with Gasteiger partial charge in [-0.2, -0.15) is 0 Å². The Morgan fingerprint density at radius 3 is 2.76 bits per heavy atom. The van der Waals surface area contributed by atoms with Crippen molar-refractivity contribution in [2.45, 2.75) is 32.7 Å². The van der Waals surface area contributed by atoms with Gasteiger partial charge in [0.15, 0.2) is 0 Å². The smallest absolute Gasteiger partial charge is 0.120 e. The zero-order valence-electron chi connectivity index (χ0n) is 10.8. The third kappa shape index (κ3) is 3.90.